The minimum atomic E-state index is 0. The molecule has 0 aliphatic heterocycles. The maximum absolute atomic E-state index is 8.07. The normalized spacial score (nSPS) is 9.68. The number of hydrogen-bond acceptors (Lipinski definition) is 10. The molecule has 0 aromatic carbocycles. The first-order valence-corrected chi connectivity index (χ1v) is 11.1. The molecular weight excluding hydrogens is 444 g/mol. The Labute approximate surface area is 205 Å². The van der Waals surface area contributed by atoms with E-state index in [4.69, 9.17) is 39.2 Å². The number of rotatable bonds is 16. The van der Waals surface area contributed by atoms with Crippen LogP contribution in [0.2, 0.25) is 0 Å². The van der Waals surface area contributed by atoms with Crippen LogP contribution in [0.3, 0.4) is 0 Å². The van der Waals surface area contributed by atoms with Gasteiger partial charge in [0.25, 0.3) is 0 Å². The van der Waals surface area contributed by atoms with Gasteiger partial charge < -0.3 is 10.2 Å². The second kappa shape index (κ2) is 44.1. The van der Waals surface area contributed by atoms with Gasteiger partial charge in [0.1, 0.15) is 0 Å². The number of hydrogen-bond donors (Lipinski definition) is 2. The van der Waals surface area contributed by atoms with Crippen molar-refractivity contribution in [2.75, 3.05) is 52.9 Å². The van der Waals surface area contributed by atoms with Crippen molar-refractivity contribution in [1.82, 2.24) is 10.8 Å². The average molecular weight is 494 g/mol. The Bertz CT molecular complexity index is 205. The third-order valence-electron chi connectivity index (χ3n) is 2.43. The van der Waals surface area contributed by atoms with Crippen molar-refractivity contribution in [2.24, 2.45) is 0 Å². The molecule has 0 saturated heterocycles. The molecular formula is C20H50N2O8Ti+2. The van der Waals surface area contributed by atoms with Crippen molar-refractivity contribution < 1.29 is 61.0 Å². The molecule has 0 spiro atoms. The van der Waals surface area contributed by atoms with Crippen molar-refractivity contribution in [1.29, 1.82) is 0 Å². The standard InChI is InChI=1S/2C6H15NO3.2C4H10O.Ti/c2*1-4-8-7(9-5-2)10-6-3;2*1-2-3-4-5;/h2*4-6H2,1-3H3;2*5H,2-4H2,1H3;/q;;;;+2. The van der Waals surface area contributed by atoms with Crippen LogP contribution < -0.4 is 0 Å². The average Bonchev–Trinajstić information content (AvgIpc) is 2.72. The third kappa shape index (κ3) is 48.8. The van der Waals surface area contributed by atoms with Crippen LogP contribution in [0.1, 0.15) is 81.1 Å². The number of aliphatic hydroxyl groups is 2. The molecule has 0 bridgehead atoms. The summed E-state index contributed by atoms with van der Waals surface area (Å²) in [5, 5.41) is 18.2. The van der Waals surface area contributed by atoms with Crippen LogP contribution in [0.4, 0.5) is 0 Å². The van der Waals surface area contributed by atoms with E-state index in [9.17, 15) is 0 Å². The zero-order chi connectivity index (χ0) is 23.9. The minimum Gasteiger partial charge on any atom is -0.396 e. The minimum absolute atomic E-state index is 0. The molecule has 0 aromatic rings. The van der Waals surface area contributed by atoms with Crippen LogP contribution in [0.25, 0.3) is 0 Å². The first-order valence-electron chi connectivity index (χ1n) is 11.1. The van der Waals surface area contributed by atoms with Gasteiger partial charge in [0.05, 0.1) is 50.4 Å². The molecule has 10 nitrogen and oxygen atoms in total. The van der Waals surface area contributed by atoms with E-state index in [1.165, 1.54) is 0 Å². The number of unbranched alkanes of at least 4 members (excludes halogenated alkanes) is 2. The summed E-state index contributed by atoms with van der Waals surface area (Å²) in [5.41, 5.74) is 0. The predicted molar refractivity (Wildman–Crippen MR) is 117 cm³/mol. The van der Waals surface area contributed by atoms with Crippen molar-refractivity contribution in [3.63, 3.8) is 0 Å². The van der Waals surface area contributed by atoms with Crippen LogP contribution in [0, 0.1) is 0 Å². The topological polar surface area (TPSA) is 102 Å². The zero-order valence-corrected chi connectivity index (χ0v) is 22.8. The molecule has 31 heavy (non-hydrogen) atoms. The molecule has 190 valence electrons. The Morgan fingerprint density at radius 3 is 0.710 bits per heavy atom. The van der Waals surface area contributed by atoms with E-state index >= 15 is 0 Å². The van der Waals surface area contributed by atoms with E-state index in [2.05, 4.69) is 13.8 Å². The van der Waals surface area contributed by atoms with E-state index in [0.29, 0.717) is 52.9 Å². The Morgan fingerprint density at radius 1 is 0.452 bits per heavy atom. The van der Waals surface area contributed by atoms with E-state index in [0.717, 1.165) is 36.5 Å². The van der Waals surface area contributed by atoms with E-state index in [1.54, 1.807) is 0 Å². The summed E-state index contributed by atoms with van der Waals surface area (Å²) in [7, 11) is 0. The smallest absolute Gasteiger partial charge is 0.396 e. The third-order valence-corrected chi connectivity index (χ3v) is 2.43. The number of nitrogens with zero attached hydrogens (tertiary/aromatic N) is 2. The fraction of sp³-hybridized carbons (Fsp3) is 1.00. The largest absolute Gasteiger partial charge is 2.00 e. The Balaban J connectivity index is -0.000000101. The fourth-order valence-electron chi connectivity index (χ4n) is 1.17. The monoisotopic (exact) mass is 494 g/mol. The van der Waals surface area contributed by atoms with Crippen LogP contribution in [-0.2, 0) is 50.7 Å². The molecule has 11 heteroatoms. The second-order valence-electron chi connectivity index (χ2n) is 5.11. The van der Waals surface area contributed by atoms with Crippen LogP contribution in [0.15, 0.2) is 0 Å². The first-order chi connectivity index (χ1) is 14.5. The van der Waals surface area contributed by atoms with Gasteiger partial charge in [-0.3, -0.25) is 29.0 Å². The fourth-order valence-corrected chi connectivity index (χ4v) is 1.17. The van der Waals surface area contributed by atoms with Gasteiger partial charge in [0, 0.05) is 13.2 Å². The number of aliphatic hydroxyl groups excluding tert-OH is 2. The van der Waals surface area contributed by atoms with E-state index in [1.807, 2.05) is 41.5 Å². The van der Waals surface area contributed by atoms with Gasteiger partial charge in [-0.05, 0) is 54.4 Å². The first kappa shape index (κ1) is 41.6. The van der Waals surface area contributed by atoms with Crippen molar-refractivity contribution in [2.45, 2.75) is 81.1 Å². The maximum Gasteiger partial charge on any atom is 2.00 e. The van der Waals surface area contributed by atoms with Crippen LogP contribution in [-0.4, -0.2) is 73.8 Å². The summed E-state index contributed by atoms with van der Waals surface area (Å²) in [6, 6.07) is 0. The van der Waals surface area contributed by atoms with Gasteiger partial charge >= 0.3 is 21.7 Å². The molecule has 0 radical (unpaired) electrons. The molecule has 0 fully saturated rings. The maximum atomic E-state index is 8.07. The Hall–Kier alpha value is 0.314. The van der Waals surface area contributed by atoms with Gasteiger partial charge in [-0.25, -0.2) is 0 Å². The van der Waals surface area contributed by atoms with E-state index in [-0.39, 0.29) is 21.7 Å². The molecule has 0 atom stereocenters. The Kier molecular flexibility index (Phi) is 59.1. The van der Waals surface area contributed by atoms with E-state index < -0.39 is 0 Å². The van der Waals surface area contributed by atoms with Gasteiger partial charge in [-0.15, -0.1) is 0 Å². The molecule has 0 amide bonds. The van der Waals surface area contributed by atoms with Gasteiger partial charge in [-0.2, -0.15) is 0 Å². The quantitative estimate of drug-likeness (QED) is 0.243. The summed E-state index contributed by atoms with van der Waals surface area (Å²) in [5.74, 6) is 0. The second-order valence-corrected chi connectivity index (χ2v) is 5.11. The SMILES string of the molecule is CCCCO.CCCCO.CCON(OCC)OCC.CCON(OCC)OCC.[Ti+2]. The molecule has 0 aliphatic rings. The summed E-state index contributed by atoms with van der Waals surface area (Å²) in [6.45, 7) is 19.2. The van der Waals surface area contributed by atoms with Gasteiger partial charge in [-0.1, -0.05) is 26.7 Å². The van der Waals surface area contributed by atoms with Crippen LogP contribution in [0.5, 0.6) is 0 Å². The summed E-state index contributed by atoms with van der Waals surface area (Å²) in [6.07, 6.45) is 4.08. The molecule has 0 unspecified atom stereocenters. The molecule has 0 aromatic heterocycles. The zero-order valence-electron chi connectivity index (χ0n) is 21.2. The van der Waals surface area contributed by atoms with Crippen LogP contribution >= 0.6 is 0 Å². The van der Waals surface area contributed by atoms with Crippen molar-refractivity contribution in [3.8, 4) is 0 Å². The molecule has 0 saturated carbocycles. The molecule has 0 aliphatic carbocycles. The summed E-state index contributed by atoms with van der Waals surface area (Å²) in [4.78, 5) is 29.5. The summed E-state index contributed by atoms with van der Waals surface area (Å²) >= 11 is 0. The van der Waals surface area contributed by atoms with Crippen molar-refractivity contribution in [3.05, 3.63) is 0 Å². The van der Waals surface area contributed by atoms with Gasteiger partial charge in [0.2, 0.25) is 0 Å². The molecule has 0 rings (SSSR count). The van der Waals surface area contributed by atoms with Crippen molar-refractivity contribution >= 4 is 0 Å². The molecule has 2 N–H and O–H groups in total. The summed E-state index contributed by atoms with van der Waals surface area (Å²) < 4.78 is 0. The van der Waals surface area contributed by atoms with Gasteiger partial charge in [0.15, 0.2) is 0 Å². The molecule has 0 heterocycles. The predicted octanol–water partition coefficient (Wildman–Crippen LogP) is 3.84. The Morgan fingerprint density at radius 2 is 0.645 bits per heavy atom.